The van der Waals surface area contributed by atoms with Crippen LogP contribution in [0.5, 0.6) is 0 Å². The lowest BCUT2D eigenvalue weighted by molar-refractivity contribution is 0.587. The lowest BCUT2D eigenvalue weighted by Gasteiger charge is -2.40. The van der Waals surface area contributed by atoms with E-state index in [0.29, 0.717) is 0 Å². The Morgan fingerprint density at radius 2 is 0.953 bits per heavy atom. The summed E-state index contributed by atoms with van der Waals surface area (Å²) in [6, 6.07) is 70.2. The van der Waals surface area contributed by atoms with Crippen molar-refractivity contribution in [2.45, 2.75) is 64.7 Å². The molecule has 1 aromatic heterocycles. The van der Waals surface area contributed by atoms with Crippen LogP contribution in [0.1, 0.15) is 76.3 Å². The molecule has 0 bridgehead atoms. The van der Waals surface area contributed by atoms with Crippen molar-refractivity contribution in [3.05, 3.63) is 216 Å². The summed E-state index contributed by atoms with van der Waals surface area (Å²) in [5.41, 5.74) is 21.3. The number of hydrogen-bond acceptors (Lipinski definition) is 1. The van der Waals surface area contributed by atoms with E-state index in [0.717, 1.165) is 11.4 Å². The van der Waals surface area contributed by atoms with Crippen molar-refractivity contribution in [1.82, 2.24) is 4.57 Å². The van der Waals surface area contributed by atoms with Gasteiger partial charge in [-0.25, -0.2) is 0 Å². The van der Waals surface area contributed by atoms with Gasteiger partial charge in [0.05, 0.1) is 22.4 Å². The van der Waals surface area contributed by atoms with Crippen molar-refractivity contribution in [1.29, 1.82) is 0 Å². The summed E-state index contributed by atoms with van der Waals surface area (Å²) in [5.74, 6) is 0. The highest BCUT2D eigenvalue weighted by Gasteiger charge is 2.50. The second-order valence-corrected chi connectivity index (χ2v) is 20.1. The van der Waals surface area contributed by atoms with Gasteiger partial charge in [0.25, 0.3) is 0 Å². The van der Waals surface area contributed by atoms with Crippen LogP contribution in [0.2, 0.25) is 0 Å². The van der Waals surface area contributed by atoms with Gasteiger partial charge >= 0.3 is 0 Å². The number of benzene rings is 9. The van der Waals surface area contributed by atoms with Crippen molar-refractivity contribution in [3.63, 3.8) is 0 Å². The molecule has 1 heterocycles. The summed E-state index contributed by atoms with van der Waals surface area (Å²) in [6.07, 6.45) is 0. The molecule has 2 nitrogen and oxygen atoms in total. The highest BCUT2D eigenvalue weighted by Crippen LogP contribution is 2.66. The molecule has 0 unspecified atom stereocenters. The maximum Gasteiger partial charge on any atom is 0.0561 e. The van der Waals surface area contributed by atoms with Crippen LogP contribution in [0.15, 0.2) is 188 Å². The van der Waals surface area contributed by atoms with Gasteiger partial charge in [-0.05, 0) is 108 Å². The van der Waals surface area contributed by atoms with E-state index in [1.807, 2.05) is 0 Å². The van der Waals surface area contributed by atoms with Crippen molar-refractivity contribution >= 4 is 49.6 Å². The Hall–Kier alpha value is -7.16. The molecular weight excluding hydrogens is 773 g/mol. The van der Waals surface area contributed by atoms with E-state index < -0.39 is 0 Å². The van der Waals surface area contributed by atoms with Crippen LogP contribution < -0.4 is 4.90 Å². The van der Waals surface area contributed by atoms with Gasteiger partial charge in [0.2, 0.25) is 0 Å². The minimum Gasteiger partial charge on any atom is -0.309 e. The highest BCUT2D eigenvalue weighted by atomic mass is 15.2. The number of fused-ring (bicyclic) bond motifs is 10. The van der Waals surface area contributed by atoms with E-state index in [2.05, 4.69) is 246 Å². The molecule has 0 saturated carbocycles. The largest absolute Gasteiger partial charge is 0.309 e. The Kier molecular flexibility index (Phi) is 8.23. The fourth-order valence-corrected chi connectivity index (χ4v) is 11.9. The summed E-state index contributed by atoms with van der Waals surface area (Å²) in [6.45, 7) is 17.2. The summed E-state index contributed by atoms with van der Waals surface area (Å²) in [4.78, 5) is 2.69. The minimum atomic E-state index is -0.317. The van der Waals surface area contributed by atoms with E-state index in [4.69, 9.17) is 0 Å². The molecule has 0 fully saturated rings. The van der Waals surface area contributed by atoms with Gasteiger partial charge in [-0.3, -0.25) is 0 Å². The second kappa shape index (κ2) is 13.7. The molecule has 0 amide bonds. The molecule has 0 saturated heterocycles. The van der Waals surface area contributed by atoms with Gasteiger partial charge in [0.1, 0.15) is 0 Å². The normalized spacial score (nSPS) is 14.4. The fourth-order valence-electron chi connectivity index (χ4n) is 11.9. The highest BCUT2D eigenvalue weighted by molar-refractivity contribution is 6.13. The van der Waals surface area contributed by atoms with Crippen LogP contribution in [0.3, 0.4) is 0 Å². The smallest absolute Gasteiger partial charge is 0.0561 e. The number of nitrogens with zero attached hydrogens (tertiary/aromatic N) is 2. The third-order valence-corrected chi connectivity index (χ3v) is 14.6. The average Bonchev–Trinajstić information content (AvgIpc) is 3.86. The lowest BCUT2D eigenvalue weighted by Crippen LogP contribution is -2.28. The Morgan fingerprint density at radius 1 is 0.438 bits per heavy atom. The van der Waals surface area contributed by atoms with Gasteiger partial charge in [-0.15, -0.1) is 0 Å². The maximum atomic E-state index is 2.69. The maximum absolute atomic E-state index is 2.69. The van der Waals surface area contributed by atoms with Crippen LogP contribution in [0.25, 0.3) is 71.6 Å². The summed E-state index contributed by atoms with van der Waals surface area (Å²) < 4.78 is 2.46. The van der Waals surface area contributed by atoms with Crippen LogP contribution in [-0.2, 0) is 16.2 Å². The monoisotopic (exact) mass is 824 g/mol. The third-order valence-electron chi connectivity index (χ3n) is 14.6. The van der Waals surface area contributed by atoms with Gasteiger partial charge in [-0.1, -0.05) is 200 Å². The van der Waals surface area contributed by atoms with Gasteiger partial charge in [0, 0.05) is 38.4 Å². The Labute approximate surface area is 377 Å². The van der Waals surface area contributed by atoms with Crippen LogP contribution in [0, 0.1) is 0 Å². The summed E-state index contributed by atoms with van der Waals surface area (Å²) in [5, 5.41) is 4.95. The molecule has 2 heteroatoms. The van der Waals surface area contributed by atoms with E-state index >= 15 is 0 Å². The van der Waals surface area contributed by atoms with Gasteiger partial charge in [0.15, 0.2) is 0 Å². The first-order valence-corrected chi connectivity index (χ1v) is 22.9. The zero-order valence-corrected chi connectivity index (χ0v) is 37.8. The van der Waals surface area contributed by atoms with Crippen molar-refractivity contribution < 1.29 is 0 Å². The first-order valence-electron chi connectivity index (χ1n) is 22.9. The molecule has 0 atom stereocenters. The zero-order valence-electron chi connectivity index (χ0n) is 37.8. The van der Waals surface area contributed by atoms with Crippen molar-refractivity contribution in [2.75, 3.05) is 4.90 Å². The number of rotatable bonds is 5. The van der Waals surface area contributed by atoms with Crippen LogP contribution in [-0.4, -0.2) is 4.57 Å². The Morgan fingerprint density at radius 3 is 1.58 bits per heavy atom. The molecule has 0 spiro atoms. The van der Waals surface area contributed by atoms with Crippen LogP contribution >= 0.6 is 0 Å². The average molecular weight is 825 g/mol. The standard InChI is InChI=1S/C62H52N2/c1-60(2,3)56-54-47-29-16-19-31-49(47)61(4,5)57(54)59(58-55(56)48-30-17-20-32-50(48)62(58,6)7)64(52-37-36-42(39-22-10-8-11-23-39)43-26-14-15-27-44(43)52)41-34-35-46-45-28-18-21-33-51(45)63(53(46)38-41)40-24-12-9-13-25-40/h8-38H,1-7H3. The molecule has 10 aromatic rings. The Balaban J connectivity index is 1.29. The number of para-hydroxylation sites is 2. The molecular formula is C62H52N2. The number of aromatic nitrogens is 1. The fraction of sp³-hybridized carbons (Fsp3) is 0.161. The SMILES string of the molecule is CC(C)(C)c1c2c(c(N(c3ccc4c5ccccc5n(-c5ccccc5)c4c3)c3ccc(-c4ccccc4)c4ccccc34)c3c1-c1ccccc1C3(C)C)C(C)(C)c1ccccc1-2. The first kappa shape index (κ1) is 38.5. The molecule has 2 aliphatic carbocycles. The molecule has 12 rings (SSSR count). The summed E-state index contributed by atoms with van der Waals surface area (Å²) in [7, 11) is 0. The molecule has 64 heavy (non-hydrogen) atoms. The molecule has 2 aliphatic rings. The molecule has 0 N–H and O–H groups in total. The van der Waals surface area contributed by atoms with E-state index in [-0.39, 0.29) is 16.2 Å². The van der Waals surface area contributed by atoms with Gasteiger partial charge in [-0.2, -0.15) is 0 Å². The summed E-state index contributed by atoms with van der Waals surface area (Å²) >= 11 is 0. The zero-order chi connectivity index (χ0) is 43.7. The predicted octanol–water partition coefficient (Wildman–Crippen LogP) is 17.0. The number of anilines is 3. The van der Waals surface area contributed by atoms with E-state index in [1.165, 1.54) is 105 Å². The molecule has 310 valence electrons. The van der Waals surface area contributed by atoms with E-state index in [9.17, 15) is 0 Å². The first-order chi connectivity index (χ1) is 31.0. The minimum absolute atomic E-state index is 0.155. The second-order valence-electron chi connectivity index (χ2n) is 20.1. The quantitative estimate of drug-likeness (QED) is 0.168. The number of hydrogen-bond donors (Lipinski definition) is 0. The lowest BCUT2D eigenvalue weighted by atomic mass is 9.70. The third kappa shape index (κ3) is 5.32. The van der Waals surface area contributed by atoms with E-state index in [1.54, 1.807) is 0 Å². The van der Waals surface area contributed by atoms with Crippen LogP contribution in [0.4, 0.5) is 17.1 Å². The topological polar surface area (TPSA) is 8.17 Å². The van der Waals surface area contributed by atoms with Crippen molar-refractivity contribution in [3.8, 4) is 39.1 Å². The van der Waals surface area contributed by atoms with Crippen molar-refractivity contribution in [2.24, 2.45) is 0 Å². The Bertz CT molecular complexity index is 3440. The molecule has 9 aromatic carbocycles. The van der Waals surface area contributed by atoms with Gasteiger partial charge < -0.3 is 9.47 Å². The molecule has 0 aliphatic heterocycles. The predicted molar refractivity (Wildman–Crippen MR) is 272 cm³/mol. The molecule has 0 radical (unpaired) electrons.